The highest BCUT2D eigenvalue weighted by Gasteiger charge is 2.26. The van der Waals surface area contributed by atoms with Gasteiger partial charge in [0.05, 0.1) is 0 Å². The van der Waals surface area contributed by atoms with Gasteiger partial charge in [-0.15, -0.1) is 0 Å². The van der Waals surface area contributed by atoms with Crippen LogP contribution in [0.15, 0.2) is 24.3 Å². The minimum Gasteiger partial charge on any atom is -0.320 e. The molecular formula is C16H26N2. The van der Waals surface area contributed by atoms with Crippen LogP contribution in [0.1, 0.15) is 49.3 Å². The number of nitrogens with zero attached hydrogens (tertiary/aromatic N) is 1. The molecule has 2 nitrogen and oxygen atoms in total. The Morgan fingerprint density at radius 1 is 1.22 bits per heavy atom. The van der Waals surface area contributed by atoms with E-state index in [0.717, 1.165) is 12.5 Å². The molecule has 0 heterocycles. The Hall–Kier alpha value is -0.860. The third kappa shape index (κ3) is 2.93. The SMILES string of the molecule is CNCCCN(C)C1CCC(C)c2ccccc21. The van der Waals surface area contributed by atoms with Crippen LogP contribution in [0.5, 0.6) is 0 Å². The van der Waals surface area contributed by atoms with Crippen LogP contribution >= 0.6 is 0 Å². The van der Waals surface area contributed by atoms with E-state index in [1.807, 2.05) is 7.05 Å². The van der Waals surface area contributed by atoms with Crippen LogP contribution in [0.3, 0.4) is 0 Å². The Balaban J connectivity index is 2.08. The van der Waals surface area contributed by atoms with Crippen molar-refractivity contribution >= 4 is 0 Å². The van der Waals surface area contributed by atoms with Crippen molar-refractivity contribution < 1.29 is 0 Å². The molecule has 0 saturated carbocycles. The first kappa shape index (κ1) is 13.6. The summed E-state index contributed by atoms with van der Waals surface area (Å²) in [4.78, 5) is 2.53. The van der Waals surface area contributed by atoms with Crippen LogP contribution < -0.4 is 5.32 Å². The molecule has 0 saturated heterocycles. The summed E-state index contributed by atoms with van der Waals surface area (Å²) in [6.45, 7) is 4.64. The zero-order valence-corrected chi connectivity index (χ0v) is 11.9. The lowest BCUT2D eigenvalue weighted by molar-refractivity contribution is 0.213. The van der Waals surface area contributed by atoms with Crippen LogP contribution in [0.25, 0.3) is 0 Å². The number of fused-ring (bicyclic) bond motifs is 1. The molecule has 1 aromatic rings. The Morgan fingerprint density at radius 3 is 2.67 bits per heavy atom. The van der Waals surface area contributed by atoms with E-state index in [2.05, 4.69) is 48.5 Å². The van der Waals surface area contributed by atoms with Crippen LogP contribution in [0.2, 0.25) is 0 Å². The van der Waals surface area contributed by atoms with Gasteiger partial charge < -0.3 is 5.32 Å². The molecule has 2 atom stereocenters. The minimum atomic E-state index is 0.620. The van der Waals surface area contributed by atoms with Gasteiger partial charge in [0.2, 0.25) is 0 Å². The summed E-state index contributed by atoms with van der Waals surface area (Å²) in [5.74, 6) is 0.725. The van der Waals surface area contributed by atoms with E-state index in [-0.39, 0.29) is 0 Å². The van der Waals surface area contributed by atoms with E-state index in [1.54, 1.807) is 11.1 Å². The molecule has 0 aliphatic heterocycles. The first-order chi connectivity index (χ1) is 8.74. The number of hydrogen-bond acceptors (Lipinski definition) is 2. The summed E-state index contributed by atoms with van der Waals surface area (Å²) in [5.41, 5.74) is 3.12. The second-order valence-electron chi connectivity index (χ2n) is 5.56. The molecule has 2 heteroatoms. The van der Waals surface area contributed by atoms with E-state index < -0.39 is 0 Å². The van der Waals surface area contributed by atoms with Gasteiger partial charge in [-0.3, -0.25) is 4.90 Å². The van der Waals surface area contributed by atoms with Crippen molar-refractivity contribution in [2.45, 2.75) is 38.1 Å². The predicted octanol–water partition coefficient (Wildman–Crippen LogP) is 3.17. The van der Waals surface area contributed by atoms with Gasteiger partial charge in [-0.25, -0.2) is 0 Å². The first-order valence-corrected chi connectivity index (χ1v) is 7.17. The highest BCUT2D eigenvalue weighted by Crippen LogP contribution is 2.39. The first-order valence-electron chi connectivity index (χ1n) is 7.17. The summed E-state index contributed by atoms with van der Waals surface area (Å²) >= 11 is 0. The molecule has 1 aliphatic rings. The molecule has 0 fully saturated rings. The largest absolute Gasteiger partial charge is 0.320 e. The van der Waals surface area contributed by atoms with Crippen LogP contribution in [0.4, 0.5) is 0 Å². The van der Waals surface area contributed by atoms with Gasteiger partial charge >= 0.3 is 0 Å². The van der Waals surface area contributed by atoms with Crippen LogP contribution in [-0.2, 0) is 0 Å². The maximum absolute atomic E-state index is 3.23. The Bertz CT molecular complexity index is 375. The van der Waals surface area contributed by atoms with Crippen molar-refractivity contribution in [1.82, 2.24) is 10.2 Å². The number of hydrogen-bond donors (Lipinski definition) is 1. The Labute approximate surface area is 111 Å². The molecule has 18 heavy (non-hydrogen) atoms. The normalized spacial score (nSPS) is 23.1. The molecule has 1 aromatic carbocycles. The van der Waals surface area contributed by atoms with E-state index in [9.17, 15) is 0 Å². The molecular weight excluding hydrogens is 220 g/mol. The molecule has 2 rings (SSSR count). The van der Waals surface area contributed by atoms with Gasteiger partial charge in [-0.2, -0.15) is 0 Å². The van der Waals surface area contributed by atoms with E-state index in [1.165, 1.54) is 25.8 Å². The monoisotopic (exact) mass is 246 g/mol. The Morgan fingerprint density at radius 2 is 1.94 bits per heavy atom. The fraction of sp³-hybridized carbons (Fsp3) is 0.625. The molecule has 0 bridgehead atoms. The van der Waals surface area contributed by atoms with E-state index in [4.69, 9.17) is 0 Å². The molecule has 1 aliphatic carbocycles. The highest BCUT2D eigenvalue weighted by molar-refractivity contribution is 5.34. The summed E-state index contributed by atoms with van der Waals surface area (Å²) in [6, 6.07) is 9.62. The zero-order chi connectivity index (χ0) is 13.0. The van der Waals surface area contributed by atoms with Gasteiger partial charge in [0.1, 0.15) is 0 Å². The van der Waals surface area contributed by atoms with Crippen molar-refractivity contribution in [3.8, 4) is 0 Å². The van der Waals surface area contributed by atoms with Crippen molar-refractivity contribution in [3.05, 3.63) is 35.4 Å². The molecule has 0 spiro atoms. The lowest BCUT2D eigenvalue weighted by Gasteiger charge is -2.35. The summed E-state index contributed by atoms with van der Waals surface area (Å²) in [5, 5.41) is 3.23. The molecule has 2 unspecified atom stereocenters. The zero-order valence-electron chi connectivity index (χ0n) is 11.9. The smallest absolute Gasteiger partial charge is 0.0348 e. The van der Waals surface area contributed by atoms with Gasteiger partial charge in [0, 0.05) is 6.04 Å². The third-order valence-electron chi connectivity index (χ3n) is 4.23. The standard InChI is InChI=1S/C16H26N2/c1-13-9-10-16(18(3)12-6-11-17-2)15-8-5-4-7-14(13)15/h4-5,7-8,13,16-17H,6,9-12H2,1-3H3. The van der Waals surface area contributed by atoms with Gasteiger partial charge in [0.25, 0.3) is 0 Å². The van der Waals surface area contributed by atoms with E-state index in [0.29, 0.717) is 6.04 Å². The van der Waals surface area contributed by atoms with Crippen LogP contribution in [-0.4, -0.2) is 32.1 Å². The topological polar surface area (TPSA) is 15.3 Å². The van der Waals surface area contributed by atoms with Gasteiger partial charge in [-0.1, -0.05) is 31.2 Å². The van der Waals surface area contributed by atoms with Crippen LogP contribution in [0, 0.1) is 0 Å². The molecule has 1 N–H and O–H groups in total. The highest BCUT2D eigenvalue weighted by atomic mass is 15.1. The molecule has 0 aromatic heterocycles. The number of rotatable bonds is 5. The average molecular weight is 246 g/mol. The maximum atomic E-state index is 3.23. The second kappa shape index (κ2) is 6.35. The number of nitrogens with one attached hydrogen (secondary N) is 1. The quantitative estimate of drug-likeness (QED) is 0.803. The lowest BCUT2D eigenvalue weighted by Crippen LogP contribution is -2.30. The molecule has 0 amide bonds. The minimum absolute atomic E-state index is 0.620. The van der Waals surface area contributed by atoms with Gasteiger partial charge in [-0.05, 0) is 63.5 Å². The van der Waals surface area contributed by atoms with Crippen molar-refractivity contribution in [2.75, 3.05) is 27.2 Å². The second-order valence-corrected chi connectivity index (χ2v) is 5.56. The lowest BCUT2D eigenvalue weighted by atomic mass is 9.80. The third-order valence-corrected chi connectivity index (χ3v) is 4.23. The fourth-order valence-electron chi connectivity index (χ4n) is 3.10. The summed E-state index contributed by atoms with van der Waals surface area (Å²) in [6.07, 6.45) is 3.84. The summed E-state index contributed by atoms with van der Waals surface area (Å²) < 4.78 is 0. The average Bonchev–Trinajstić information content (AvgIpc) is 2.39. The molecule has 0 radical (unpaired) electrons. The Kier molecular flexibility index (Phi) is 4.79. The summed E-state index contributed by atoms with van der Waals surface area (Å²) in [7, 11) is 4.30. The molecule has 100 valence electrons. The van der Waals surface area contributed by atoms with Crippen molar-refractivity contribution in [2.24, 2.45) is 0 Å². The predicted molar refractivity (Wildman–Crippen MR) is 78.0 cm³/mol. The van der Waals surface area contributed by atoms with E-state index >= 15 is 0 Å². The number of benzene rings is 1. The maximum Gasteiger partial charge on any atom is 0.0348 e. The van der Waals surface area contributed by atoms with Gasteiger partial charge in [0.15, 0.2) is 0 Å². The van der Waals surface area contributed by atoms with Crippen molar-refractivity contribution in [3.63, 3.8) is 0 Å². The van der Waals surface area contributed by atoms with Crippen molar-refractivity contribution in [1.29, 1.82) is 0 Å². The fourth-order valence-corrected chi connectivity index (χ4v) is 3.10.